The van der Waals surface area contributed by atoms with Crippen LogP contribution < -0.4 is 9.64 Å². The minimum absolute atomic E-state index is 0.0913. The summed E-state index contributed by atoms with van der Waals surface area (Å²) in [5.41, 5.74) is 0.445. The highest BCUT2D eigenvalue weighted by molar-refractivity contribution is 5.97. The number of allylic oxidation sites excluding steroid dienone is 3. The molecule has 3 heterocycles. The second-order valence-corrected chi connectivity index (χ2v) is 6.06. The van der Waals surface area contributed by atoms with Crippen LogP contribution in [0.15, 0.2) is 54.1 Å². The monoisotopic (exact) mass is 399 g/mol. The topological polar surface area (TPSA) is 92.6 Å². The quantitative estimate of drug-likeness (QED) is 0.765. The lowest BCUT2D eigenvalue weighted by Crippen LogP contribution is -2.19. The zero-order chi connectivity index (χ0) is 21.1. The summed E-state index contributed by atoms with van der Waals surface area (Å²) in [6.07, 6.45) is 4.24. The fourth-order valence-electron chi connectivity index (χ4n) is 2.80. The lowest BCUT2D eigenvalue weighted by Gasteiger charge is -2.22. The maximum atomic E-state index is 13.2. The molecule has 2 aromatic rings. The van der Waals surface area contributed by atoms with Gasteiger partial charge in [-0.1, -0.05) is 0 Å². The van der Waals surface area contributed by atoms with Gasteiger partial charge in [-0.3, -0.25) is 9.88 Å². The van der Waals surface area contributed by atoms with Gasteiger partial charge in [-0.2, -0.15) is 0 Å². The van der Waals surface area contributed by atoms with E-state index in [1.807, 2.05) is 0 Å². The predicted molar refractivity (Wildman–Crippen MR) is 101 cm³/mol. The van der Waals surface area contributed by atoms with E-state index >= 15 is 0 Å². The third kappa shape index (κ3) is 3.90. The number of aromatic nitrogens is 2. The first-order valence-electron chi connectivity index (χ1n) is 8.32. The van der Waals surface area contributed by atoms with Crippen LogP contribution in [0.3, 0.4) is 0 Å². The standard InChI is InChI=1S/C20H15F2N3O4/c1-11-3-4-25(12(5-11)10-26)18-7-13(15(8-24-18)20(27)28)14-6-16(19(21)22)23-9-17(14)29-2/h3-9,19H,1-2H3,(H,27,28). The fraction of sp³-hybridized carbons (Fsp3) is 0.150. The van der Waals surface area contributed by atoms with Crippen molar-refractivity contribution in [2.75, 3.05) is 12.0 Å². The van der Waals surface area contributed by atoms with Gasteiger partial charge in [-0.15, -0.1) is 0 Å². The number of anilines is 1. The number of nitrogens with zero attached hydrogens (tertiary/aromatic N) is 3. The van der Waals surface area contributed by atoms with E-state index in [0.29, 0.717) is 0 Å². The van der Waals surface area contributed by atoms with E-state index in [9.17, 15) is 23.5 Å². The zero-order valence-corrected chi connectivity index (χ0v) is 15.4. The van der Waals surface area contributed by atoms with Crippen LogP contribution in [-0.2, 0) is 4.79 Å². The summed E-state index contributed by atoms with van der Waals surface area (Å²) in [7, 11) is 1.32. The number of halogens is 2. The van der Waals surface area contributed by atoms with Crippen molar-refractivity contribution in [3.63, 3.8) is 0 Å². The molecule has 0 fully saturated rings. The van der Waals surface area contributed by atoms with Gasteiger partial charge in [0.25, 0.3) is 6.43 Å². The minimum atomic E-state index is -2.85. The number of carbonyl (C=O) groups excluding carboxylic acids is 1. The Kier molecular flexibility index (Phi) is 5.52. The van der Waals surface area contributed by atoms with Gasteiger partial charge in [0.15, 0.2) is 5.94 Å². The summed E-state index contributed by atoms with van der Waals surface area (Å²) in [6.45, 7) is 1.80. The molecule has 148 valence electrons. The van der Waals surface area contributed by atoms with Gasteiger partial charge in [0.05, 0.1) is 18.9 Å². The van der Waals surface area contributed by atoms with Crippen LogP contribution in [0.25, 0.3) is 11.1 Å². The Morgan fingerprint density at radius 3 is 2.62 bits per heavy atom. The molecule has 7 nitrogen and oxygen atoms in total. The molecular weight excluding hydrogens is 384 g/mol. The summed E-state index contributed by atoms with van der Waals surface area (Å²) < 4.78 is 31.5. The first-order valence-corrected chi connectivity index (χ1v) is 8.32. The Morgan fingerprint density at radius 2 is 2.00 bits per heavy atom. The van der Waals surface area contributed by atoms with E-state index in [4.69, 9.17) is 4.74 Å². The van der Waals surface area contributed by atoms with Crippen molar-refractivity contribution in [2.24, 2.45) is 0 Å². The van der Waals surface area contributed by atoms with E-state index in [2.05, 4.69) is 9.97 Å². The number of carboxylic acids is 1. The Morgan fingerprint density at radius 1 is 1.24 bits per heavy atom. The second-order valence-electron chi connectivity index (χ2n) is 6.06. The minimum Gasteiger partial charge on any atom is -0.494 e. The molecule has 0 spiro atoms. The van der Waals surface area contributed by atoms with Gasteiger partial charge < -0.3 is 9.84 Å². The lowest BCUT2D eigenvalue weighted by molar-refractivity contribution is 0.0697. The number of methoxy groups -OCH3 is 1. The number of alkyl halides is 2. The van der Waals surface area contributed by atoms with E-state index < -0.39 is 18.1 Å². The molecule has 9 heteroatoms. The Bertz CT molecular complexity index is 1090. The molecule has 0 radical (unpaired) electrons. The van der Waals surface area contributed by atoms with Crippen LogP contribution in [-0.4, -0.2) is 34.1 Å². The number of pyridine rings is 2. The average molecular weight is 399 g/mol. The maximum absolute atomic E-state index is 13.2. The number of hydrogen-bond donors (Lipinski definition) is 1. The first-order chi connectivity index (χ1) is 13.8. The predicted octanol–water partition coefficient (Wildman–Crippen LogP) is 3.78. The van der Waals surface area contributed by atoms with E-state index in [0.717, 1.165) is 24.0 Å². The van der Waals surface area contributed by atoms with E-state index in [1.165, 1.54) is 18.1 Å². The first kappa shape index (κ1) is 19.9. The van der Waals surface area contributed by atoms with Crippen LogP contribution in [0.5, 0.6) is 5.75 Å². The molecule has 0 aromatic carbocycles. The highest BCUT2D eigenvalue weighted by atomic mass is 19.3. The second kappa shape index (κ2) is 8.04. The Hall–Kier alpha value is -3.84. The molecular formula is C20H15F2N3O4. The summed E-state index contributed by atoms with van der Waals surface area (Å²) in [5.74, 6) is 0.827. The van der Waals surface area contributed by atoms with Gasteiger partial charge in [0.1, 0.15) is 23.0 Å². The van der Waals surface area contributed by atoms with Crippen LogP contribution >= 0.6 is 0 Å². The van der Waals surface area contributed by atoms with Gasteiger partial charge in [0.2, 0.25) is 0 Å². The third-order valence-corrected chi connectivity index (χ3v) is 4.20. The van der Waals surface area contributed by atoms with Gasteiger partial charge in [0, 0.05) is 23.5 Å². The number of carboxylic acid groups (broad SMARTS) is 1. The molecule has 0 saturated heterocycles. The van der Waals surface area contributed by atoms with Crippen molar-refractivity contribution in [3.05, 3.63) is 65.4 Å². The van der Waals surface area contributed by atoms with Crippen LogP contribution in [0, 0.1) is 0 Å². The van der Waals surface area contributed by atoms with Crippen molar-refractivity contribution in [1.82, 2.24) is 9.97 Å². The Balaban J connectivity index is 2.23. The number of hydrogen-bond acceptors (Lipinski definition) is 6. The number of ether oxygens (including phenoxy) is 1. The smallest absolute Gasteiger partial charge is 0.337 e. The van der Waals surface area contributed by atoms with Crippen LogP contribution in [0.1, 0.15) is 29.4 Å². The number of rotatable bonds is 5. The van der Waals surface area contributed by atoms with E-state index in [-0.39, 0.29) is 34.0 Å². The van der Waals surface area contributed by atoms with Crippen molar-refractivity contribution in [1.29, 1.82) is 0 Å². The molecule has 0 saturated carbocycles. The zero-order valence-electron chi connectivity index (χ0n) is 15.4. The molecule has 1 aliphatic heterocycles. The average Bonchev–Trinajstić information content (AvgIpc) is 2.72. The van der Waals surface area contributed by atoms with Crippen molar-refractivity contribution >= 4 is 17.7 Å². The molecule has 1 aliphatic rings. The number of carbonyl (C=O) groups is 1. The summed E-state index contributed by atoms with van der Waals surface area (Å²) in [6, 6.07) is 2.45. The molecule has 0 atom stereocenters. The largest absolute Gasteiger partial charge is 0.494 e. The van der Waals surface area contributed by atoms with Crippen LogP contribution in [0.2, 0.25) is 0 Å². The number of aromatic carboxylic acids is 1. The van der Waals surface area contributed by atoms with Crippen molar-refractivity contribution < 1.29 is 28.2 Å². The fourth-order valence-corrected chi connectivity index (χ4v) is 2.80. The molecule has 0 unspecified atom stereocenters. The Labute approximate surface area is 164 Å². The SMILES string of the molecule is COc1cnc(C(F)F)cc1-c1cc(N2C=CC(C)=CC2=C=O)ncc1C(=O)O. The summed E-state index contributed by atoms with van der Waals surface area (Å²) in [4.78, 5) is 32.2. The molecule has 0 amide bonds. The summed E-state index contributed by atoms with van der Waals surface area (Å²) in [5, 5.41) is 9.55. The molecule has 0 aliphatic carbocycles. The summed E-state index contributed by atoms with van der Waals surface area (Å²) >= 11 is 0. The maximum Gasteiger partial charge on any atom is 0.337 e. The highest BCUT2D eigenvalue weighted by Gasteiger charge is 2.22. The highest BCUT2D eigenvalue weighted by Crippen LogP contribution is 2.36. The molecule has 1 N–H and O–H groups in total. The van der Waals surface area contributed by atoms with E-state index in [1.54, 1.807) is 31.2 Å². The molecule has 29 heavy (non-hydrogen) atoms. The lowest BCUT2D eigenvalue weighted by atomic mass is 10.00. The van der Waals surface area contributed by atoms with Crippen molar-refractivity contribution in [2.45, 2.75) is 13.3 Å². The van der Waals surface area contributed by atoms with Gasteiger partial charge in [-0.25, -0.2) is 23.4 Å². The third-order valence-electron chi connectivity index (χ3n) is 4.20. The van der Waals surface area contributed by atoms with Crippen LogP contribution in [0.4, 0.5) is 14.6 Å². The van der Waals surface area contributed by atoms with Crippen molar-refractivity contribution in [3.8, 4) is 16.9 Å². The molecule has 3 rings (SSSR count). The van der Waals surface area contributed by atoms with Gasteiger partial charge in [-0.05, 0) is 36.8 Å². The van der Waals surface area contributed by atoms with Gasteiger partial charge >= 0.3 is 5.97 Å². The molecule has 0 bridgehead atoms. The molecule has 2 aromatic heterocycles. The normalized spacial score (nSPS) is 13.3.